The molecular weight excluding hydrogens is 282 g/mol. The third kappa shape index (κ3) is 3.28. The van der Waals surface area contributed by atoms with Crippen molar-refractivity contribution in [1.82, 2.24) is 14.7 Å². The first-order valence-electron chi connectivity index (χ1n) is 7.67. The maximum atomic E-state index is 11.9. The molecule has 22 heavy (non-hydrogen) atoms. The van der Waals surface area contributed by atoms with E-state index in [1.165, 1.54) is 4.68 Å². The van der Waals surface area contributed by atoms with Crippen LogP contribution in [0.15, 0.2) is 39.5 Å². The third-order valence-electron chi connectivity index (χ3n) is 4.28. The molecule has 0 bridgehead atoms. The van der Waals surface area contributed by atoms with Crippen LogP contribution >= 0.6 is 0 Å². The summed E-state index contributed by atoms with van der Waals surface area (Å²) in [4.78, 5) is 14.1. The smallest absolute Gasteiger partial charge is 0.393 e. The van der Waals surface area contributed by atoms with E-state index in [-0.39, 0.29) is 6.10 Å². The average Bonchev–Trinajstić information content (AvgIpc) is 2.90. The fraction of sp³-hybridized carbons (Fsp3) is 0.500. The van der Waals surface area contributed by atoms with Crippen LogP contribution in [0.5, 0.6) is 0 Å². The Kier molecular flexibility index (Phi) is 4.40. The number of aliphatic hydroxyl groups is 1. The van der Waals surface area contributed by atoms with E-state index >= 15 is 0 Å². The van der Waals surface area contributed by atoms with Gasteiger partial charge in [-0.25, -0.2) is 4.79 Å². The summed E-state index contributed by atoms with van der Waals surface area (Å²) in [6, 6.07) is 9.41. The van der Waals surface area contributed by atoms with Crippen LogP contribution in [-0.2, 0) is 6.67 Å². The van der Waals surface area contributed by atoms with Crippen molar-refractivity contribution in [3.05, 3.63) is 40.9 Å². The van der Waals surface area contributed by atoms with Crippen molar-refractivity contribution in [1.29, 1.82) is 0 Å². The number of piperidine rings is 1. The molecule has 0 amide bonds. The SMILES string of the molecule is CC(O)C1CCN(Cn2nc(-c3ccccc3)oc2=O)CC1. The third-order valence-corrected chi connectivity index (χ3v) is 4.28. The topological polar surface area (TPSA) is 71.5 Å². The van der Waals surface area contributed by atoms with Gasteiger partial charge >= 0.3 is 5.76 Å². The summed E-state index contributed by atoms with van der Waals surface area (Å²) >= 11 is 0. The van der Waals surface area contributed by atoms with Crippen LogP contribution in [0.3, 0.4) is 0 Å². The zero-order valence-corrected chi connectivity index (χ0v) is 12.7. The second-order valence-corrected chi connectivity index (χ2v) is 5.88. The normalized spacial score (nSPS) is 18.5. The molecule has 6 heteroatoms. The number of hydrogen-bond acceptors (Lipinski definition) is 5. The van der Waals surface area contributed by atoms with Gasteiger partial charge in [-0.05, 0) is 37.8 Å². The van der Waals surface area contributed by atoms with Gasteiger partial charge in [0.2, 0.25) is 5.89 Å². The number of rotatable bonds is 4. The van der Waals surface area contributed by atoms with E-state index in [1.54, 1.807) is 0 Å². The minimum absolute atomic E-state index is 0.262. The van der Waals surface area contributed by atoms with Gasteiger partial charge in [-0.15, -0.1) is 5.10 Å². The number of aromatic nitrogens is 2. The molecule has 1 N–H and O–H groups in total. The monoisotopic (exact) mass is 303 g/mol. The Morgan fingerprint density at radius 2 is 2.00 bits per heavy atom. The van der Waals surface area contributed by atoms with E-state index in [0.29, 0.717) is 18.5 Å². The van der Waals surface area contributed by atoms with Crippen molar-refractivity contribution in [2.24, 2.45) is 5.92 Å². The number of benzene rings is 1. The number of likely N-dealkylation sites (tertiary alicyclic amines) is 1. The Balaban J connectivity index is 1.67. The Morgan fingerprint density at radius 3 is 2.64 bits per heavy atom. The van der Waals surface area contributed by atoms with Crippen molar-refractivity contribution < 1.29 is 9.52 Å². The summed E-state index contributed by atoms with van der Waals surface area (Å²) in [5.41, 5.74) is 0.797. The molecule has 118 valence electrons. The highest BCUT2D eigenvalue weighted by molar-refractivity contribution is 5.51. The zero-order chi connectivity index (χ0) is 15.5. The summed E-state index contributed by atoms with van der Waals surface area (Å²) in [6.07, 6.45) is 1.62. The second kappa shape index (κ2) is 6.46. The molecule has 1 saturated heterocycles. The molecule has 3 rings (SSSR count). The Hall–Kier alpha value is -1.92. The van der Waals surface area contributed by atoms with Crippen LogP contribution < -0.4 is 5.76 Å². The quantitative estimate of drug-likeness (QED) is 0.928. The van der Waals surface area contributed by atoms with Crippen LogP contribution in [-0.4, -0.2) is 39.0 Å². The molecule has 2 heterocycles. The predicted octanol–water partition coefficient (Wildman–Crippen LogP) is 1.55. The summed E-state index contributed by atoms with van der Waals surface area (Å²) < 4.78 is 6.60. The van der Waals surface area contributed by atoms with Gasteiger partial charge in [0.15, 0.2) is 0 Å². The number of hydrogen-bond donors (Lipinski definition) is 1. The molecular formula is C16H21N3O3. The van der Waals surface area contributed by atoms with Crippen molar-refractivity contribution in [2.75, 3.05) is 13.1 Å². The van der Waals surface area contributed by atoms with Crippen molar-refractivity contribution in [3.8, 4) is 11.5 Å². The summed E-state index contributed by atoms with van der Waals surface area (Å²) in [7, 11) is 0. The lowest BCUT2D eigenvalue weighted by atomic mass is 9.92. The number of aliphatic hydroxyl groups excluding tert-OH is 1. The average molecular weight is 303 g/mol. The first kappa shape index (κ1) is 15.0. The Bertz CT molecular complexity index is 655. The Morgan fingerprint density at radius 1 is 1.32 bits per heavy atom. The predicted molar refractivity (Wildman–Crippen MR) is 82.2 cm³/mol. The molecule has 1 aliphatic heterocycles. The zero-order valence-electron chi connectivity index (χ0n) is 12.7. The van der Waals surface area contributed by atoms with Gasteiger partial charge in [-0.2, -0.15) is 4.68 Å². The highest BCUT2D eigenvalue weighted by atomic mass is 16.4. The van der Waals surface area contributed by atoms with Crippen molar-refractivity contribution in [3.63, 3.8) is 0 Å². The van der Waals surface area contributed by atoms with Gasteiger partial charge in [0.25, 0.3) is 0 Å². The highest BCUT2D eigenvalue weighted by Crippen LogP contribution is 2.21. The number of nitrogens with zero attached hydrogens (tertiary/aromatic N) is 3. The molecule has 0 saturated carbocycles. The standard InChI is InChI=1S/C16H21N3O3/c1-12(20)13-7-9-18(10-8-13)11-19-16(21)22-15(17-19)14-5-3-2-4-6-14/h2-6,12-13,20H,7-11H2,1H3. The fourth-order valence-electron chi connectivity index (χ4n) is 2.86. The van der Waals surface area contributed by atoms with E-state index in [0.717, 1.165) is 31.5 Å². The van der Waals surface area contributed by atoms with Crippen molar-refractivity contribution in [2.45, 2.75) is 32.5 Å². The molecule has 1 unspecified atom stereocenters. The van der Waals surface area contributed by atoms with E-state index in [2.05, 4.69) is 10.00 Å². The molecule has 0 radical (unpaired) electrons. The van der Waals surface area contributed by atoms with Gasteiger partial charge < -0.3 is 9.52 Å². The van der Waals surface area contributed by atoms with Crippen LogP contribution in [0.1, 0.15) is 19.8 Å². The van der Waals surface area contributed by atoms with E-state index in [9.17, 15) is 9.90 Å². The summed E-state index contributed by atoms with van der Waals surface area (Å²) in [6.45, 7) is 3.99. The molecule has 0 spiro atoms. The first-order valence-corrected chi connectivity index (χ1v) is 7.67. The van der Waals surface area contributed by atoms with Gasteiger partial charge in [0.1, 0.15) is 6.67 Å². The first-order chi connectivity index (χ1) is 10.6. The van der Waals surface area contributed by atoms with Gasteiger partial charge in [0, 0.05) is 18.7 Å². The molecule has 0 aliphatic carbocycles. The molecule has 1 aromatic heterocycles. The highest BCUT2D eigenvalue weighted by Gasteiger charge is 2.23. The van der Waals surface area contributed by atoms with E-state index in [4.69, 9.17) is 4.42 Å². The molecule has 1 fully saturated rings. The minimum atomic E-state index is -0.434. The molecule has 6 nitrogen and oxygen atoms in total. The Labute approximate surface area is 129 Å². The fourth-order valence-corrected chi connectivity index (χ4v) is 2.86. The summed E-state index contributed by atoms with van der Waals surface area (Å²) in [5, 5.41) is 13.9. The summed E-state index contributed by atoms with van der Waals surface area (Å²) in [5.74, 6) is 0.270. The van der Waals surface area contributed by atoms with E-state index < -0.39 is 5.76 Å². The second-order valence-electron chi connectivity index (χ2n) is 5.88. The van der Waals surface area contributed by atoms with Crippen LogP contribution in [0, 0.1) is 5.92 Å². The lowest BCUT2D eigenvalue weighted by Crippen LogP contribution is -2.39. The maximum absolute atomic E-state index is 11.9. The maximum Gasteiger partial charge on any atom is 0.438 e. The molecule has 1 aromatic carbocycles. The van der Waals surface area contributed by atoms with Crippen molar-refractivity contribution >= 4 is 0 Å². The lowest BCUT2D eigenvalue weighted by molar-refractivity contribution is 0.0584. The molecule has 2 aromatic rings. The van der Waals surface area contributed by atoms with Crippen LogP contribution in [0.2, 0.25) is 0 Å². The van der Waals surface area contributed by atoms with Crippen LogP contribution in [0.4, 0.5) is 0 Å². The van der Waals surface area contributed by atoms with E-state index in [1.807, 2.05) is 37.3 Å². The molecule has 1 atom stereocenters. The van der Waals surface area contributed by atoms with Gasteiger partial charge in [-0.3, -0.25) is 4.90 Å². The largest absolute Gasteiger partial charge is 0.438 e. The van der Waals surface area contributed by atoms with Gasteiger partial charge in [0.05, 0.1) is 6.10 Å². The lowest BCUT2D eigenvalue weighted by Gasteiger charge is -2.32. The van der Waals surface area contributed by atoms with Crippen LogP contribution in [0.25, 0.3) is 11.5 Å². The molecule has 1 aliphatic rings. The van der Waals surface area contributed by atoms with Gasteiger partial charge in [-0.1, -0.05) is 18.2 Å². The minimum Gasteiger partial charge on any atom is -0.393 e.